The van der Waals surface area contributed by atoms with Crippen LogP contribution < -0.4 is 4.90 Å². The number of anilines is 1. The molecule has 1 aliphatic rings. The Morgan fingerprint density at radius 1 is 1.08 bits per heavy atom. The molecule has 1 atom stereocenters. The van der Waals surface area contributed by atoms with Crippen molar-refractivity contribution in [1.82, 2.24) is 9.97 Å². The summed E-state index contributed by atoms with van der Waals surface area (Å²) in [6, 6.07) is 16.2. The third-order valence-corrected chi connectivity index (χ3v) is 4.87. The fourth-order valence-corrected chi connectivity index (χ4v) is 3.59. The highest BCUT2D eigenvalue weighted by atomic mass is 35.5. The van der Waals surface area contributed by atoms with Crippen molar-refractivity contribution in [2.45, 2.75) is 19.8 Å². The summed E-state index contributed by atoms with van der Waals surface area (Å²) in [4.78, 5) is 12.0. The zero-order valence-electron chi connectivity index (χ0n) is 13.7. The molecule has 3 nitrogen and oxygen atoms in total. The fourth-order valence-electron chi connectivity index (χ4n) is 3.42. The number of aromatic nitrogens is 2. The first-order chi connectivity index (χ1) is 11.7. The van der Waals surface area contributed by atoms with E-state index in [0.29, 0.717) is 10.9 Å². The standard InChI is InChI=1S/C20H20ClN3/c1-14-6-5-11-24(13-14)20-22-18-12-16(21)9-10-17(18)19(23-20)15-7-3-2-4-8-15/h2-4,7-10,12,14H,5-6,11,13H2,1H3/t14-/m0/s1. The molecule has 122 valence electrons. The molecule has 0 unspecified atom stereocenters. The summed E-state index contributed by atoms with van der Waals surface area (Å²) in [6.45, 7) is 4.33. The Bertz CT molecular complexity index is 863. The molecule has 0 bridgehead atoms. The van der Waals surface area contributed by atoms with E-state index in [2.05, 4.69) is 24.0 Å². The number of rotatable bonds is 2. The van der Waals surface area contributed by atoms with Crippen molar-refractivity contribution >= 4 is 28.5 Å². The monoisotopic (exact) mass is 337 g/mol. The molecule has 3 aromatic rings. The van der Waals surface area contributed by atoms with E-state index in [4.69, 9.17) is 21.6 Å². The molecule has 2 heterocycles. The summed E-state index contributed by atoms with van der Waals surface area (Å²) in [7, 11) is 0. The second-order valence-corrected chi connectivity index (χ2v) is 7.03. The van der Waals surface area contributed by atoms with E-state index in [1.54, 1.807) is 0 Å². The SMILES string of the molecule is C[C@H]1CCCN(c2nc(-c3ccccc3)c3ccc(Cl)cc3n2)C1. The van der Waals surface area contributed by atoms with E-state index in [1.807, 2.05) is 36.4 Å². The third-order valence-electron chi connectivity index (χ3n) is 4.63. The normalized spacial score (nSPS) is 18.1. The van der Waals surface area contributed by atoms with E-state index in [0.717, 1.165) is 41.2 Å². The lowest BCUT2D eigenvalue weighted by Crippen LogP contribution is -2.35. The summed E-state index contributed by atoms with van der Waals surface area (Å²) in [5.74, 6) is 1.49. The molecule has 1 saturated heterocycles. The molecule has 2 aromatic carbocycles. The highest BCUT2D eigenvalue weighted by Crippen LogP contribution is 2.31. The van der Waals surface area contributed by atoms with Gasteiger partial charge in [0.1, 0.15) is 0 Å². The van der Waals surface area contributed by atoms with Crippen molar-refractivity contribution in [2.24, 2.45) is 5.92 Å². The van der Waals surface area contributed by atoms with E-state index in [1.165, 1.54) is 12.8 Å². The molecule has 4 heteroatoms. The maximum atomic E-state index is 6.20. The van der Waals surface area contributed by atoms with Crippen molar-refractivity contribution in [3.05, 3.63) is 53.6 Å². The summed E-state index contributed by atoms with van der Waals surface area (Å²) in [5.41, 5.74) is 2.99. The van der Waals surface area contributed by atoms with Gasteiger partial charge in [0.2, 0.25) is 5.95 Å². The summed E-state index contributed by atoms with van der Waals surface area (Å²) in [6.07, 6.45) is 2.47. The maximum absolute atomic E-state index is 6.20. The van der Waals surface area contributed by atoms with Gasteiger partial charge in [-0.15, -0.1) is 0 Å². The van der Waals surface area contributed by atoms with Gasteiger partial charge in [-0.2, -0.15) is 0 Å². The van der Waals surface area contributed by atoms with Gasteiger partial charge in [-0.3, -0.25) is 0 Å². The predicted molar refractivity (Wildman–Crippen MR) is 101 cm³/mol. The van der Waals surface area contributed by atoms with Gasteiger partial charge in [0.05, 0.1) is 11.2 Å². The van der Waals surface area contributed by atoms with E-state index >= 15 is 0 Å². The molecular weight excluding hydrogens is 318 g/mol. The Morgan fingerprint density at radius 2 is 1.92 bits per heavy atom. The summed E-state index contributed by atoms with van der Waals surface area (Å²) < 4.78 is 0. The Morgan fingerprint density at radius 3 is 2.71 bits per heavy atom. The number of hydrogen-bond acceptors (Lipinski definition) is 3. The molecule has 0 saturated carbocycles. The maximum Gasteiger partial charge on any atom is 0.226 e. The molecule has 0 aliphatic carbocycles. The van der Waals surface area contributed by atoms with Gasteiger partial charge in [-0.05, 0) is 37.0 Å². The molecule has 0 spiro atoms. The number of fused-ring (bicyclic) bond motifs is 1. The quantitative estimate of drug-likeness (QED) is 0.644. The zero-order valence-corrected chi connectivity index (χ0v) is 14.5. The number of benzene rings is 2. The van der Waals surface area contributed by atoms with Gasteiger partial charge < -0.3 is 4.90 Å². The van der Waals surface area contributed by atoms with Crippen LogP contribution >= 0.6 is 11.6 Å². The number of nitrogens with zero attached hydrogens (tertiary/aromatic N) is 3. The van der Waals surface area contributed by atoms with Crippen LogP contribution in [-0.4, -0.2) is 23.1 Å². The average Bonchev–Trinajstić information content (AvgIpc) is 2.61. The Labute approximate surface area is 147 Å². The number of halogens is 1. The van der Waals surface area contributed by atoms with Crippen LogP contribution in [0.3, 0.4) is 0 Å². The number of piperidine rings is 1. The highest BCUT2D eigenvalue weighted by Gasteiger charge is 2.20. The third kappa shape index (κ3) is 2.96. The lowest BCUT2D eigenvalue weighted by atomic mass is 10.0. The van der Waals surface area contributed by atoms with Crippen LogP contribution in [0.2, 0.25) is 5.02 Å². The van der Waals surface area contributed by atoms with Crippen LogP contribution in [0.4, 0.5) is 5.95 Å². The highest BCUT2D eigenvalue weighted by molar-refractivity contribution is 6.31. The lowest BCUT2D eigenvalue weighted by molar-refractivity contribution is 0.442. The predicted octanol–water partition coefficient (Wildman–Crippen LogP) is 5.19. The van der Waals surface area contributed by atoms with Gasteiger partial charge >= 0.3 is 0 Å². The molecule has 24 heavy (non-hydrogen) atoms. The minimum absolute atomic E-state index is 0.678. The number of hydrogen-bond donors (Lipinski definition) is 0. The Balaban J connectivity index is 1.89. The van der Waals surface area contributed by atoms with Crippen molar-refractivity contribution < 1.29 is 0 Å². The largest absolute Gasteiger partial charge is 0.341 e. The summed E-state index contributed by atoms with van der Waals surface area (Å²) >= 11 is 6.20. The van der Waals surface area contributed by atoms with Gasteiger partial charge in [0.15, 0.2) is 0 Å². The van der Waals surface area contributed by atoms with Crippen LogP contribution in [0, 0.1) is 5.92 Å². The molecular formula is C20H20ClN3. The minimum Gasteiger partial charge on any atom is -0.341 e. The topological polar surface area (TPSA) is 29.0 Å². The van der Waals surface area contributed by atoms with Crippen LogP contribution in [0.25, 0.3) is 22.2 Å². The van der Waals surface area contributed by atoms with Crippen LogP contribution in [0.1, 0.15) is 19.8 Å². The Kier molecular flexibility index (Phi) is 4.11. The van der Waals surface area contributed by atoms with Crippen LogP contribution in [0.15, 0.2) is 48.5 Å². The van der Waals surface area contributed by atoms with E-state index in [9.17, 15) is 0 Å². The molecule has 0 amide bonds. The van der Waals surface area contributed by atoms with Gasteiger partial charge in [0, 0.05) is 29.1 Å². The van der Waals surface area contributed by atoms with Crippen LogP contribution in [0.5, 0.6) is 0 Å². The van der Waals surface area contributed by atoms with E-state index in [-0.39, 0.29) is 0 Å². The first-order valence-corrected chi connectivity index (χ1v) is 8.86. The second kappa shape index (κ2) is 6.40. The van der Waals surface area contributed by atoms with E-state index < -0.39 is 0 Å². The fraction of sp³-hybridized carbons (Fsp3) is 0.300. The minimum atomic E-state index is 0.678. The average molecular weight is 338 g/mol. The molecule has 0 N–H and O–H groups in total. The van der Waals surface area contributed by atoms with Crippen molar-refractivity contribution in [2.75, 3.05) is 18.0 Å². The van der Waals surface area contributed by atoms with Gasteiger partial charge in [-0.1, -0.05) is 48.9 Å². The molecule has 1 fully saturated rings. The summed E-state index contributed by atoms with van der Waals surface area (Å²) in [5, 5.41) is 1.75. The molecule has 4 rings (SSSR count). The van der Waals surface area contributed by atoms with Gasteiger partial charge in [0.25, 0.3) is 0 Å². The van der Waals surface area contributed by atoms with Gasteiger partial charge in [-0.25, -0.2) is 9.97 Å². The first kappa shape index (κ1) is 15.4. The molecule has 0 radical (unpaired) electrons. The molecule has 1 aromatic heterocycles. The molecule has 1 aliphatic heterocycles. The first-order valence-electron chi connectivity index (χ1n) is 8.48. The van der Waals surface area contributed by atoms with Crippen molar-refractivity contribution in [1.29, 1.82) is 0 Å². The second-order valence-electron chi connectivity index (χ2n) is 6.59. The zero-order chi connectivity index (χ0) is 16.5. The Hall–Kier alpha value is -2.13. The smallest absolute Gasteiger partial charge is 0.226 e. The van der Waals surface area contributed by atoms with Crippen LogP contribution in [-0.2, 0) is 0 Å². The lowest BCUT2D eigenvalue weighted by Gasteiger charge is -2.31. The van der Waals surface area contributed by atoms with Crippen molar-refractivity contribution in [3.63, 3.8) is 0 Å². The van der Waals surface area contributed by atoms with Crippen molar-refractivity contribution in [3.8, 4) is 11.3 Å².